The van der Waals surface area contributed by atoms with Gasteiger partial charge in [0, 0.05) is 6.04 Å². The molecule has 0 heterocycles. The lowest BCUT2D eigenvalue weighted by Crippen LogP contribution is -2.48. The highest BCUT2D eigenvalue weighted by Crippen LogP contribution is 2.56. The molecule has 0 unspecified atom stereocenters. The number of nitrogens with one attached hydrogen (secondary N) is 2. The Kier molecular flexibility index (Phi) is 2.21. The average molecular weight is 223 g/mol. The van der Waals surface area contributed by atoms with E-state index in [1.807, 2.05) is 0 Å². The van der Waals surface area contributed by atoms with Crippen LogP contribution in [0, 0.1) is 23.7 Å². The van der Waals surface area contributed by atoms with E-state index in [9.17, 15) is 0 Å². The lowest BCUT2D eigenvalue weighted by atomic mass is 9.79. The van der Waals surface area contributed by atoms with Crippen LogP contribution >= 0.6 is 12.2 Å². The molecule has 5 atom stereocenters. The van der Waals surface area contributed by atoms with Crippen LogP contribution in [-0.4, -0.2) is 11.2 Å². The standard InChI is InChI=1S/C11H17N3S/c12-14-11(15)13-10-5-6-4-9(10)8-3-1-2-7(6)8/h1,3,6-10H,2,4-5,12H2,(H2,13,14,15)/t6-,7+,8-,9-,10+/m1/s1. The van der Waals surface area contributed by atoms with Crippen molar-refractivity contribution in [2.24, 2.45) is 29.5 Å². The summed E-state index contributed by atoms with van der Waals surface area (Å²) in [5.74, 6) is 8.72. The molecule has 3 rings (SSSR count). The summed E-state index contributed by atoms with van der Waals surface area (Å²) in [5.41, 5.74) is 2.51. The van der Waals surface area contributed by atoms with Gasteiger partial charge < -0.3 is 10.7 Å². The van der Waals surface area contributed by atoms with Gasteiger partial charge in [0.1, 0.15) is 0 Å². The number of hydrogen-bond acceptors (Lipinski definition) is 2. The summed E-state index contributed by atoms with van der Waals surface area (Å²) in [6.45, 7) is 0. The second-order valence-corrected chi connectivity index (χ2v) is 5.43. The highest BCUT2D eigenvalue weighted by molar-refractivity contribution is 7.80. The zero-order valence-corrected chi connectivity index (χ0v) is 9.46. The van der Waals surface area contributed by atoms with E-state index in [4.69, 9.17) is 18.1 Å². The third kappa shape index (κ3) is 1.39. The van der Waals surface area contributed by atoms with Gasteiger partial charge in [-0.3, -0.25) is 0 Å². The van der Waals surface area contributed by atoms with E-state index in [0.29, 0.717) is 11.2 Å². The summed E-state index contributed by atoms with van der Waals surface area (Å²) >= 11 is 5.06. The number of fused-ring (bicyclic) bond motifs is 5. The van der Waals surface area contributed by atoms with Crippen LogP contribution in [-0.2, 0) is 0 Å². The number of allylic oxidation sites excluding steroid dienone is 2. The molecule has 0 saturated heterocycles. The first-order chi connectivity index (χ1) is 7.29. The smallest absolute Gasteiger partial charge is 0.180 e. The molecular formula is C11H17N3S. The highest BCUT2D eigenvalue weighted by Gasteiger charge is 2.52. The first-order valence-electron chi connectivity index (χ1n) is 5.73. The monoisotopic (exact) mass is 223 g/mol. The SMILES string of the molecule is NNC(=S)N[C@H]1C[C@H]2C[C@@H]1[C@@H]1C=CC[C@@H]21. The van der Waals surface area contributed by atoms with Crippen molar-refractivity contribution >= 4 is 17.3 Å². The Morgan fingerprint density at radius 2 is 2.20 bits per heavy atom. The van der Waals surface area contributed by atoms with E-state index in [2.05, 4.69) is 22.9 Å². The topological polar surface area (TPSA) is 50.1 Å². The van der Waals surface area contributed by atoms with Gasteiger partial charge in [-0.1, -0.05) is 12.2 Å². The molecule has 0 radical (unpaired) electrons. The largest absolute Gasteiger partial charge is 0.359 e. The van der Waals surface area contributed by atoms with E-state index in [0.717, 1.165) is 23.7 Å². The Balaban J connectivity index is 1.70. The minimum atomic E-state index is 0.544. The fraction of sp³-hybridized carbons (Fsp3) is 0.727. The number of thiocarbonyl (C=S) groups is 1. The molecule has 82 valence electrons. The summed E-state index contributed by atoms with van der Waals surface area (Å²) in [5, 5.41) is 3.92. The number of hydrogen-bond donors (Lipinski definition) is 3. The molecule has 0 aromatic carbocycles. The lowest BCUT2D eigenvalue weighted by molar-refractivity contribution is 0.246. The second kappa shape index (κ2) is 3.46. The van der Waals surface area contributed by atoms with Crippen molar-refractivity contribution in [3.8, 4) is 0 Å². The van der Waals surface area contributed by atoms with E-state index >= 15 is 0 Å². The zero-order chi connectivity index (χ0) is 10.4. The fourth-order valence-corrected chi connectivity index (χ4v) is 4.07. The molecule has 0 aromatic rings. The third-order valence-corrected chi connectivity index (χ3v) is 4.69. The van der Waals surface area contributed by atoms with Crippen molar-refractivity contribution in [2.75, 3.05) is 0 Å². The van der Waals surface area contributed by atoms with Crippen molar-refractivity contribution in [3.05, 3.63) is 12.2 Å². The van der Waals surface area contributed by atoms with Gasteiger partial charge in [-0.15, -0.1) is 0 Å². The van der Waals surface area contributed by atoms with Crippen LogP contribution in [0.1, 0.15) is 19.3 Å². The fourth-order valence-electron chi connectivity index (χ4n) is 3.92. The van der Waals surface area contributed by atoms with E-state index in [1.54, 1.807) is 0 Å². The molecule has 4 N–H and O–H groups in total. The van der Waals surface area contributed by atoms with Crippen LogP contribution < -0.4 is 16.6 Å². The van der Waals surface area contributed by atoms with Crippen molar-refractivity contribution in [2.45, 2.75) is 25.3 Å². The molecule has 3 nitrogen and oxygen atoms in total. The van der Waals surface area contributed by atoms with E-state index in [1.165, 1.54) is 19.3 Å². The highest BCUT2D eigenvalue weighted by atomic mass is 32.1. The average Bonchev–Trinajstić information content (AvgIpc) is 2.87. The first kappa shape index (κ1) is 9.60. The Hall–Kier alpha value is -0.610. The maximum absolute atomic E-state index is 5.29. The normalized spacial score (nSPS) is 45.5. The van der Waals surface area contributed by atoms with Crippen LogP contribution in [0.2, 0.25) is 0 Å². The minimum Gasteiger partial charge on any atom is -0.359 e. The Labute approximate surface area is 95.5 Å². The van der Waals surface area contributed by atoms with Crippen molar-refractivity contribution < 1.29 is 0 Å². The van der Waals surface area contributed by atoms with Gasteiger partial charge in [-0.05, 0) is 55.2 Å². The van der Waals surface area contributed by atoms with Gasteiger partial charge in [0.15, 0.2) is 5.11 Å². The van der Waals surface area contributed by atoms with Crippen molar-refractivity contribution in [3.63, 3.8) is 0 Å². The summed E-state index contributed by atoms with van der Waals surface area (Å²) < 4.78 is 0. The maximum Gasteiger partial charge on any atom is 0.180 e. The quantitative estimate of drug-likeness (QED) is 0.268. The predicted molar refractivity (Wildman–Crippen MR) is 63.8 cm³/mol. The summed E-state index contributed by atoms with van der Waals surface area (Å²) in [4.78, 5) is 0. The maximum atomic E-state index is 5.29. The summed E-state index contributed by atoms with van der Waals surface area (Å²) in [7, 11) is 0. The molecule has 2 fully saturated rings. The van der Waals surface area contributed by atoms with Crippen molar-refractivity contribution in [1.82, 2.24) is 10.7 Å². The molecule has 3 aliphatic carbocycles. The summed E-state index contributed by atoms with van der Waals surface area (Å²) in [6, 6.07) is 0.544. The number of rotatable bonds is 1. The van der Waals surface area contributed by atoms with E-state index < -0.39 is 0 Å². The van der Waals surface area contributed by atoms with Gasteiger partial charge in [0.2, 0.25) is 0 Å². The van der Waals surface area contributed by atoms with Crippen LogP contribution in [0.25, 0.3) is 0 Å². The molecule has 0 spiro atoms. The number of nitrogens with two attached hydrogens (primary N) is 1. The van der Waals surface area contributed by atoms with Crippen LogP contribution in [0.15, 0.2) is 12.2 Å². The minimum absolute atomic E-state index is 0.544. The molecule has 0 aliphatic heterocycles. The van der Waals surface area contributed by atoms with Gasteiger partial charge in [-0.25, -0.2) is 5.84 Å². The molecule has 4 heteroatoms. The second-order valence-electron chi connectivity index (χ2n) is 5.02. The van der Waals surface area contributed by atoms with Gasteiger partial charge in [-0.2, -0.15) is 0 Å². The molecule has 2 bridgehead atoms. The van der Waals surface area contributed by atoms with Crippen LogP contribution in [0.4, 0.5) is 0 Å². The molecule has 3 aliphatic rings. The molecule has 2 saturated carbocycles. The Morgan fingerprint density at radius 1 is 1.33 bits per heavy atom. The molecule has 0 aromatic heterocycles. The Bertz CT molecular complexity index is 315. The predicted octanol–water partition coefficient (Wildman–Crippen LogP) is 0.925. The first-order valence-corrected chi connectivity index (χ1v) is 6.14. The van der Waals surface area contributed by atoms with Crippen LogP contribution in [0.3, 0.4) is 0 Å². The van der Waals surface area contributed by atoms with E-state index in [-0.39, 0.29) is 0 Å². The summed E-state index contributed by atoms with van der Waals surface area (Å²) in [6.07, 6.45) is 8.73. The number of hydrazine groups is 1. The zero-order valence-electron chi connectivity index (χ0n) is 8.65. The van der Waals surface area contributed by atoms with Gasteiger partial charge in [0.05, 0.1) is 0 Å². The Morgan fingerprint density at radius 3 is 3.00 bits per heavy atom. The van der Waals surface area contributed by atoms with Gasteiger partial charge in [0.25, 0.3) is 0 Å². The molecule has 0 amide bonds. The molecular weight excluding hydrogens is 206 g/mol. The molecule has 15 heavy (non-hydrogen) atoms. The lowest BCUT2D eigenvalue weighted by Gasteiger charge is -2.32. The van der Waals surface area contributed by atoms with Crippen LogP contribution in [0.5, 0.6) is 0 Å². The van der Waals surface area contributed by atoms with Crippen molar-refractivity contribution in [1.29, 1.82) is 0 Å². The van der Waals surface area contributed by atoms with Gasteiger partial charge >= 0.3 is 0 Å². The third-order valence-electron chi connectivity index (χ3n) is 4.46.